The molecular formula is C18H19N3O4. The molecule has 2 N–H and O–H groups in total. The minimum absolute atomic E-state index is 0.0515. The van der Waals surface area contributed by atoms with Gasteiger partial charge in [0.1, 0.15) is 0 Å². The first-order valence-electron chi connectivity index (χ1n) is 7.87. The van der Waals surface area contributed by atoms with E-state index in [9.17, 15) is 19.7 Å². The third-order valence-electron chi connectivity index (χ3n) is 3.69. The molecule has 0 spiro atoms. The van der Waals surface area contributed by atoms with Gasteiger partial charge in [0, 0.05) is 35.0 Å². The molecule has 25 heavy (non-hydrogen) atoms. The minimum Gasteiger partial charge on any atom is -0.350 e. The molecule has 0 bridgehead atoms. The molecule has 2 aromatic carbocycles. The SMILES string of the molecule is CCC(C)NC(=O)c1cccc(NC(=O)c2cccc([N+](=O)[O-])c2)c1. The van der Waals surface area contributed by atoms with Crippen LogP contribution in [0.15, 0.2) is 48.5 Å². The zero-order valence-corrected chi connectivity index (χ0v) is 14.0. The summed E-state index contributed by atoms with van der Waals surface area (Å²) in [5, 5.41) is 16.3. The topological polar surface area (TPSA) is 101 Å². The fourth-order valence-corrected chi connectivity index (χ4v) is 2.11. The van der Waals surface area contributed by atoms with Gasteiger partial charge in [-0.2, -0.15) is 0 Å². The minimum atomic E-state index is -0.559. The molecule has 0 saturated carbocycles. The van der Waals surface area contributed by atoms with Crippen LogP contribution < -0.4 is 10.6 Å². The van der Waals surface area contributed by atoms with Crippen molar-refractivity contribution < 1.29 is 14.5 Å². The number of nitrogens with one attached hydrogen (secondary N) is 2. The second-order valence-electron chi connectivity index (χ2n) is 5.63. The molecule has 0 saturated heterocycles. The van der Waals surface area contributed by atoms with E-state index >= 15 is 0 Å². The van der Waals surface area contributed by atoms with Crippen LogP contribution in [0.4, 0.5) is 11.4 Å². The van der Waals surface area contributed by atoms with E-state index in [0.717, 1.165) is 6.42 Å². The van der Waals surface area contributed by atoms with Gasteiger partial charge < -0.3 is 10.6 Å². The number of nitrogens with zero attached hydrogens (tertiary/aromatic N) is 1. The summed E-state index contributed by atoms with van der Waals surface area (Å²) in [5.74, 6) is -0.705. The maximum absolute atomic E-state index is 12.3. The number of non-ortho nitro benzene ring substituents is 1. The summed E-state index contributed by atoms with van der Waals surface area (Å²) < 4.78 is 0. The summed E-state index contributed by atoms with van der Waals surface area (Å²) in [4.78, 5) is 34.6. The van der Waals surface area contributed by atoms with E-state index in [0.29, 0.717) is 11.3 Å². The molecule has 7 nitrogen and oxygen atoms in total. The van der Waals surface area contributed by atoms with Gasteiger partial charge in [-0.1, -0.05) is 19.1 Å². The Labute approximate surface area is 145 Å². The van der Waals surface area contributed by atoms with E-state index in [4.69, 9.17) is 0 Å². The van der Waals surface area contributed by atoms with Crippen molar-refractivity contribution in [1.29, 1.82) is 0 Å². The van der Waals surface area contributed by atoms with Crippen molar-refractivity contribution in [1.82, 2.24) is 5.32 Å². The average Bonchev–Trinajstić information content (AvgIpc) is 2.61. The molecule has 2 amide bonds. The van der Waals surface area contributed by atoms with Crippen molar-refractivity contribution in [2.75, 3.05) is 5.32 Å². The monoisotopic (exact) mass is 341 g/mol. The molecule has 0 aromatic heterocycles. The van der Waals surface area contributed by atoms with Gasteiger partial charge in [0.05, 0.1) is 4.92 Å². The molecule has 0 aliphatic carbocycles. The first kappa shape index (κ1) is 18.1. The second-order valence-corrected chi connectivity index (χ2v) is 5.63. The second kappa shape index (κ2) is 8.05. The van der Waals surface area contributed by atoms with Gasteiger partial charge in [0.15, 0.2) is 0 Å². The smallest absolute Gasteiger partial charge is 0.270 e. The number of rotatable bonds is 6. The quantitative estimate of drug-likeness (QED) is 0.621. The molecular weight excluding hydrogens is 322 g/mol. The molecule has 130 valence electrons. The fourth-order valence-electron chi connectivity index (χ4n) is 2.11. The number of hydrogen-bond donors (Lipinski definition) is 2. The van der Waals surface area contributed by atoms with Crippen LogP contribution in [0.1, 0.15) is 41.0 Å². The Kier molecular flexibility index (Phi) is 5.84. The zero-order valence-electron chi connectivity index (χ0n) is 14.0. The highest BCUT2D eigenvalue weighted by molar-refractivity contribution is 6.05. The predicted molar refractivity (Wildman–Crippen MR) is 94.7 cm³/mol. The molecule has 1 atom stereocenters. The lowest BCUT2D eigenvalue weighted by atomic mass is 10.1. The maximum atomic E-state index is 12.3. The average molecular weight is 341 g/mol. The van der Waals surface area contributed by atoms with Crippen LogP contribution >= 0.6 is 0 Å². The first-order valence-corrected chi connectivity index (χ1v) is 7.87. The van der Waals surface area contributed by atoms with Crippen LogP contribution in [0.3, 0.4) is 0 Å². The molecule has 0 radical (unpaired) electrons. The van der Waals surface area contributed by atoms with Gasteiger partial charge in [-0.3, -0.25) is 19.7 Å². The summed E-state index contributed by atoms with van der Waals surface area (Å²) in [5.41, 5.74) is 0.878. The first-order chi connectivity index (χ1) is 11.9. The van der Waals surface area contributed by atoms with Crippen LogP contribution in [0, 0.1) is 10.1 Å². The van der Waals surface area contributed by atoms with E-state index < -0.39 is 10.8 Å². The highest BCUT2D eigenvalue weighted by Crippen LogP contribution is 2.16. The van der Waals surface area contributed by atoms with Crippen LogP contribution in [0.2, 0.25) is 0 Å². The third kappa shape index (κ3) is 4.87. The van der Waals surface area contributed by atoms with Gasteiger partial charge >= 0.3 is 0 Å². The molecule has 2 aromatic rings. The zero-order chi connectivity index (χ0) is 18.4. The highest BCUT2D eigenvalue weighted by Gasteiger charge is 2.13. The van der Waals surface area contributed by atoms with Crippen LogP contribution in [-0.2, 0) is 0 Å². The van der Waals surface area contributed by atoms with Gasteiger partial charge in [0.2, 0.25) is 0 Å². The number of nitro groups is 1. The van der Waals surface area contributed by atoms with Crippen molar-refractivity contribution in [3.63, 3.8) is 0 Å². The largest absolute Gasteiger partial charge is 0.350 e. The Balaban J connectivity index is 2.14. The summed E-state index contributed by atoms with van der Waals surface area (Å²) in [6.45, 7) is 3.88. The Hall–Kier alpha value is -3.22. The van der Waals surface area contributed by atoms with Crippen molar-refractivity contribution in [2.45, 2.75) is 26.3 Å². The predicted octanol–water partition coefficient (Wildman–Crippen LogP) is 3.38. The van der Waals surface area contributed by atoms with E-state index in [1.165, 1.54) is 24.3 Å². The van der Waals surface area contributed by atoms with E-state index in [2.05, 4.69) is 10.6 Å². The summed E-state index contributed by atoms with van der Waals surface area (Å²) >= 11 is 0. The Morgan fingerprint density at radius 2 is 1.72 bits per heavy atom. The van der Waals surface area contributed by atoms with Crippen LogP contribution in [0.5, 0.6) is 0 Å². The lowest BCUT2D eigenvalue weighted by Crippen LogP contribution is -2.31. The molecule has 0 aliphatic heterocycles. The summed E-state index contributed by atoms with van der Waals surface area (Å²) in [6, 6.07) is 12.0. The van der Waals surface area contributed by atoms with Crippen molar-refractivity contribution >= 4 is 23.2 Å². The number of carbonyl (C=O) groups is 2. The van der Waals surface area contributed by atoms with E-state index in [-0.39, 0.29) is 23.2 Å². The Morgan fingerprint density at radius 1 is 1.08 bits per heavy atom. The molecule has 0 aliphatic rings. The third-order valence-corrected chi connectivity index (χ3v) is 3.69. The molecule has 7 heteroatoms. The van der Waals surface area contributed by atoms with Crippen molar-refractivity contribution in [2.24, 2.45) is 0 Å². The summed E-state index contributed by atoms with van der Waals surface area (Å²) in [6.07, 6.45) is 0.814. The van der Waals surface area contributed by atoms with Gasteiger partial charge in [0.25, 0.3) is 17.5 Å². The maximum Gasteiger partial charge on any atom is 0.270 e. The van der Waals surface area contributed by atoms with Crippen molar-refractivity contribution in [3.05, 3.63) is 69.8 Å². The van der Waals surface area contributed by atoms with Gasteiger partial charge in [-0.15, -0.1) is 0 Å². The number of nitro benzene ring substituents is 1. The van der Waals surface area contributed by atoms with Crippen LogP contribution in [-0.4, -0.2) is 22.8 Å². The van der Waals surface area contributed by atoms with Gasteiger partial charge in [-0.25, -0.2) is 0 Å². The van der Waals surface area contributed by atoms with Gasteiger partial charge in [-0.05, 0) is 37.6 Å². The van der Waals surface area contributed by atoms with Crippen molar-refractivity contribution in [3.8, 4) is 0 Å². The molecule has 1 unspecified atom stereocenters. The highest BCUT2D eigenvalue weighted by atomic mass is 16.6. The van der Waals surface area contributed by atoms with E-state index in [1.807, 2.05) is 13.8 Å². The molecule has 0 fully saturated rings. The fraction of sp³-hybridized carbons (Fsp3) is 0.222. The van der Waals surface area contributed by atoms with Crippen LogP contribution in [0.25, 0.3) is 0 Å². The lowest BCUT2D eigenvalue weighted by molar-refractivity contribution is -0.384. The Morgan fingerprint density at radius 3 is 2.36 bits per heavy atom. The summed E-state index contributed by atoms with van der Waals surface area (Å²) in [7, 11) is 0. The normalized spacial score (nSPS) is 11.4. The number of benzene rings is 2. The standard InChI is InChI=1S/C18H19N3O4/c1-3-12(2)19-17(22)13-6-4-8-15(10-13)20-18(23)14-7-5-9-16(11-14)21(24)25/h4-12H,3H2,1-2H3,(H,19,22)(H,20,23). The number of hydrogen-bond acceptors (Lipinski definition) is 4. The lowest BCUT2D eigenvalue weighted by Gasteiger charge is -2.12. The molecule has 0 heterocycles. The number of carbonyl (C=O) groups excluding carboxylic acids is 2. The van der Waals surface area contributed by atoms with E-state index in [1.54, 1.807) is 24.3 Å². The number of amides is 2. The molecule has 2 rings (SSSR count). The Bertz CT molecular complexity index is 804. The number of anilines is 1.